The zero-order chi connectivity index (χ0) is 19.4. The summed E-state index contributed by atoms with van der Waals surface area (Å²) in [5, 5.41) is 0. The molecular formula is C17H28NO6PS. The van der Waals surface area contributed by atoms with Crippen LogP contribution in [0.4, 0.5) is 0 Å². The van der Waals surface area contributed by atoms with Gasteiger partial charge in [-0.25, -0.2) is 8.42 Å². The van der Waals surface area contributed by atoms with Crippen molar-refractivity contribution in [3.05, 3.63) is 29.8 Å². The first-order valence-corrected chi connectivity index (χ1v) is 11.6. The molecule has 1 aromatic rings. The van der Waals surface area contributed by atoms with Crippen LogP contribution in [0.1, 0.15) is 51.0 Å². The van der Waals surface area contributed by atoms with Crippen LogP contribution in [0.3, 0.4) is 0 Å². The highest BCUT2D eigenvalue weighted by Crippen LogP contribution is 2.40. The highest BCUT2D eigenvalue weighted by atomic mass is 32.2. The molecule has 0 radical (unpaired) electrons. The second kappa shape index (κ2) is 8.85. The van der Waals surface area contributed by atoms with Crippen molar-refractivity contribution >= 4 is 18.3 Å². The summed E-state index contributed by atoms with van der Waals surface area (Å²) in [4.78, 5) is 7.54. The van der Waals surface area contributed by atoms with Crippen LogP contribution < -0.4 is 4.74 Å². The number of ether oxygens (including phenoxy) is 1. The van der Waals surface area contributed by atoms with Gasteiger partial charge in [-0.15, -0.1) is 0 Å². The third-order valence-corrected chi connectivity index (χ3v) is 8.56. The highest BCUT2D eigenvalue weighted by molar-refractivity contribution is 7.90. The Morgan fingerprint density at radius 1 is 1.19 bits per heavy atom. The van der Waals surface area contributed by atoms with E-state index in [0.717, 1.165) is 11.3 Å². The molecule has 148 valence electrons. The van der Waals surface area contributed by atoms with E-state index in [0.29, 0.717) is 25.9 Å². The van der Waals surface area contributed by atoms with E-state index in [2.05, 4.69) is 0 Å². The number of benzene rings is 1. The molecule has 1 aliphatic rings. The third kappa shape index (κ3) is 4.31. The van der Waals surface area contributed by atoms with Gasteiger partial charge in [-0.3, -0.25) is 9.09 Å². The molecule has 1 atom stereocenters. The summed E-state index contributed by atoms with van der Waals surface area (Å²) in [6, 6.07) is 7.84. The molecule has 1 N–H and O–H groups in total. The number of sulfonamides is 1. The molecule has 1 unspecified atom stereocenters. The van der Waals surface area contributed by atoms with Crippen molar-refractivity contribution in [3.8, 4) is 5.75 Å². The molecule has 0 aliphatic carbocycles. The minimum atomic E-state index is -3.84. The van der Waals surface area contributed by atoms with Gasteiger partial charge in [-0.1, -0.05) is 26.0 Å². The van der Waals surface area contributed by atoms with E-state index in [4.69, 9.17) is 9.26 Å². The Balaban J connectivity index is 2.12. The SMILES string of the molecule is CCC(CC)(O[PH](=O)O)S(=O)(=O)N1CCC(c2ccc(OC)cc2)CC1. The topological polar surface area (TPSA) is 93.1 Å². The Kier molecular flexibility index (Phi) is 7.27. The molecule has 1 aliphatic heterocycles. The summed E-state index contributed by atoms with van der Waals surface area (Å²) < 4.78 is 49.0. The molecule has 1 aromatic carbocycles. The van der Waals surface area contributed by atoms with Crippen LogP contribution in [0.5, 0.6) is 5.75 Å². The Labute approximate surface area is 156 Å². The van der Waals surface area contributed by atoms with Crippen molar-refractivity contribution in [1.82, 2.24) is 4.31 Å². The molecule has 1 heterocycles. The standard InChI is InChI=1S/C17H28NO6PS/c1-4-17(5-2,24-25(19)20)26(21,22)18-12-10-15(11-13-18)14-6-8-16(23-3)9-7-14/h6-9,15,25H,4-5,10-13H2,1-3H3,(H,19,20). The van der Waals surface area contributed by atoms with Gasteiger partial charge in [-0.05, 0) is 49.3 Å². The summed E-state index contributed by atoms with van der Waals surface area (Å²) in [6.45, 7) is 4.07. The fourth-order valence-electron chi connectivity index (χ4n) is 3.51. The number of hydrogen-bond acceptors (Lipinski definition) is 5. The van der Waals surface area contributed by atoms with Gasteiger partial charge in [0.05, 0.1) is 7.11 Å². The predicted molar refractivity (Wildman–Crippen MR) is 101 cm³/mol. The van der Waals surface area contributed by atoms with E-state index in [-0.39, 0.29) is 18.8 Å². The Morgan fingerprint density at radius 3 is 2.15 bits per heavy atom. The maximum absolute atomic E-state index is 13.1. The van der Waals surface area contributed by atoms with E-state index >= 15 is 0 Å². The zero-order valence-corrected chi connectivity index (χ0v) is 17.3. The van der Waals surface area contributed by atoms with Gasteiger partial charge >= 0.3 is 8.25 Å². The van der Waals surface area contributed by atoms with E-state index < -0.39 is 23.2 Å². The lowest BCUT2D eigenvalue weighted by atomic mass is 9.90. The summed E-state index contributed by atoms with van der Waals surface area (Å²) in [5.74, 6) is 1.07. The average Bonchev–Trinajstić information content (AvgIpc) is 2.66. The van der Waals surface area contributed by atoms with Crippen LogP contribution in [-0.4, -0.2) is 42.7 Å². The molecule has 0 spiro atoms. The van der Waals surface area contributed by atoms with Crippen molar-refractivity contribution in [2.45, 2.75) is 50.4 Å². The lowest BCUT2D eigenvalue weighted by molar-refractivity contribution is 0.124. The van der Waals surface area contributed by atoms with Crippen molar-refractivity contribution in [2.24, 2.45) is 0 Å². The van der Waals surface area contributed by atoms with Crippen LogP contribution >= 0.6 is 8.25 Å². The normalized spacial score (nSPS) is 18.6. The Hall–Kier alpha value is -0.920. The maximum Gasteiger partial charge on any atom is 0.318 e. The van der Waals surface area contributed by atoms with Crippen molar-refractivity contribution in [1.29, 1.82) is 0 Å². The smallest absolute Gasteiger partial charge is 0.318 e. The predicted octanol–water partition coefficient (Wildman–Crippen LogP) is 3.12. The van der Waals surface area contributed by atoms with Gasteiger partial charge in [0.25, 0.3) is 0 Å². The Morgan fingerprint density at radius 2 is 1.73 bits per heavy atom. The molecule has 9 heteroatoms. The second-order valence-corrected chi connectivity index (χ2v) is 9.38. The molecule has 1 fully saturated rings. The lowest BCUT2D eigenvalue weighted by Gasteiger charge is -2.38. The molecular weight excluding hydrogens is 377 g/mol. The molecule has 26 heavy (non-hydrogen) atoms. The Bertz CT molecular complexity index is 709. The van der Waals surface area contributed by atoms with E-state index in [9.17, 15) is 17.9 Å². The maximum atomic E-state index is 13.1. The van der Waals surface area contributed by atoms with Gasteiger partial charge in [0.1, 0.15) is 5.75 Å². The molecule has 0 bridgehead atoms. The summed E-state index contributed by atoms with van der Waals surface area (Å²) in [5.41, 5.74) is 1.16. The van der Waals surface area contributed by atoms with Gasteiger partial charge in [0, 0.05) is 13.1 Å². The zero-order valence-electron chi connectivity index (χ0n) is 15.5. The fraction of sp³-hybridized carbons (Fsp3) is 0.647. The molecule has 0 aromatic heterocycles. The summed E-state index contributed by atoms with van der Waals surface area (Å²) >= 11 is 0. The monoisotopic (exact) mass is 405 g/mol. The average molecular weight is 405 g/mol. The van der Waals surface area contributed by atoms with Crippen LogP contribution in [0.2, 0.25) is 0 Å². The largest absolute Gasteiger partial charge is 0.497 e. The summed E-state index contributed by atoms with van der Waals surface area (Å²) in [7, 11) is -5.58. The van der Waals surface area contributed by atoms with E-state index in [1.54, 1.807) is 21.0 Å². The van der Waals surface area contributed by atoms with Crippen LogP contribution in [-0.2, 0) is 19.1 Å². The molecule has 2 rings (SSSR count). The van der Waals surface area contributed by atoms with Crippen LogP contribution in [0.15, 0.2) is 24.3 Å². The van der Waals surface area contributed by atoms with Crippen LogP contribution in [0, 0.1) is 0 Å². The molecule has 0 amide bonds. The first kappa shape index (κ1) is 21.4. The molecule has 0 saturated carbocycles. The van der Waals surface area contributed by atoms with Gasteiger partial charge < -0.3 is 9.63 Å². The number of rotatable bonds is 8. The quantitative estimate of drug-likeness (QED) is 0.668. The fourth-order valence-corrected chi connectivity index (χ4v) is 6.65. The van der Waals surface area contributed by atoms with Crippen molar-refractivity contribution < 1.29 is 27.1 Å². The van der Waals surface area contributed by atoms with Gasteiger partial charge in [0.15, 0.2) is 4.93 Å². The number of methoxy groups -OCH3 is 1. The first-order chi connectivity index (χ1) is 12.3. The minimum Gasteiger partial charge on any atom is -0.497 e. The molecule has 1 saturated heterocycles. The second-order valence-electron chi connectivity index (χ2n) is 6.44. The third-order valence-electron chi connectivity index (χ3n) is 5.20. The lowest BCUT2D eigenvalue weighted by Crippen LogP contribution is -2.50. The summed E-state index contributed by atoms with van der Waals surface area (Å²) in [6.07, 6.45) is 1.65. The van der Waals surface area contributed by atoms with Gasteiger partial charge in [0.2, 0.25) is 10.0 Å². The van der Waals surface area contributed by atoms with E-state index in [1.807, 2.05) is 24.3 Å². The highest BCUT2D eigenvalue weighted by Gasteiger charge is 2.47. The molecule has 7 nitrogen and oxygen atoms in total. The van der Waals surface area contributed by atoms with Crippen LogP contribution in [0.25, 0.3) is 0 Å². The first-order valence-electron chi connectivity index (χ1n) is 8.85. The number of hydrogen-bond donors (Lipinski definition) is 1. The minimum absolute atomic E-state index is 0.126. The number of piperidine rings is 1. The number of nitrogens with zero attached hydrogens (tertiary/aromatic N) is 1. The van der Waals surface area contributed by atoms with E-state index in [1.165, 1.54) is 4.31 Å². The van der Waals surface area contributed by atoms with Crippen molar-refractivity contribution in [3.63, 3.8) is 0 Å². The van der Waals surface area contributed by atoms with Crippen molar-refractivity contribution in [2.75, 3.05) is 20.2 Å². The van der Waals surface area contributed by atoms with Gasteiger partial charge in [-0.2, -0.15) is 4.31 Å².